The number of aromatic nitrogens is 3. The monoisotopic (exact) mass is 581 g/mol. The van der Waals surface area contributed by atoms with Crippen LogP contribution in [0.15, 0.2) is 144 Å². The Bertz CT molecular complexity index is 2440. The van der Waals surface area contributed by atoms with E-state index < -0.39 is 0 Å². The highest BCUT2D eigenvalue weighted by molar-refractivity contribution is 7.26. The van der Waals surface area contributed by atoms with Gasteiger partial charge < -0.3 is 4.42 Å². The average molecular weight is 582 g/mol. The highest BCUT2D eigenvalue weighted by Gasteiger charge is 2.16. The van der Waals surface area contributed by atoms with Crippen LogP contribution in [-0.4, -0.2) is 15.0 Å². The van der Waals surface area contributed by atoms with Crippen molar-refractivity contribution in [1.29, 1.82) is 0 Å². The van der Waals surface area contributed by atoms with Crippen LogP contribution in [0.25, 0.3) is 87.4 Å². The van der Waals surface area contributed by atoms with E-state index in [4.69, 9.17) is 19.4 Å². The zero-order chi connectivity index (χ0) is 29.0. The lowest BCUT2D eigenvalue weighted by molar-refractivity contribution is 0.669. The van der Waals surface area contributed by atoms with E-state index in [9.17, 15) is 0 Å². The van der Waals surface area contributed by atoms with Crippen LogP contribution in [0.2, 0.25) is 0 Å². The summed E-state index contributed by atoms with van der Waals surface area (Å²) in [6.45, 7) is 0. The van der Waals surface area contributed by atoms with Gasteiger partial charge in [-0.05, 0) is 47.5 Å². The molecule has 5 heteroatoms. The first-order valence-electron chi connectivity index (χ1n) is 14.5. The molecule has 0 bridgehead atoms. The summed E-state index contributed by atoms with van der Waals surface area (Å²) < 4.78 is 9.01. The summed E-state index contributed by atoms with van der Waals surface area (Å²) in [6.07, 6.45) is 0. The average Bonchev–Trinajstić information content (AvgIpc) is 3.66. The Balaban J connectivity index is 1.18. The van der Waals surface area contributed by atoms with E-state index in [1.165, 1.54) is 25.7 Å². The highest BCUT2D eigenvalue weighted by atomic mass is 32.1. The molecule has 0 fully saturated rings. The molecule has 44 heavy (non-hydrogen) atoms. The maximum absolute atomic E-state index is 6.41. The molecule has 206 valence electrons. The van der Waals surface area contributed by atoms with E-state index in [1.54, 1.807) is 0 Å². The predicted octanol–water partition coefficient (Wildman–Crippen LogP) is 10.8. The van der Waals surface area contributed by atoms with Crippen LogP contribution in [0.5, 0.6) is 0 Å². The van der Waals surface area contributed by atoms with Gasteiger partial charge in [0.1, 0.15) is 11.2 Å². The molecule has 0 radical (unpaired) electrons. The van der Waals surface area contributed by atoms with Crippen LogP contribution in [0.4, 0.5) is 0 Å². The second-order valence-electron chi connectivity index (χ2n) is 10.8. The molecule has 0 unspecified atom stereocenters. The maximum atomic E-state index is 6.41. The third-order valence-electron chi connectivity index (χ3n) is 8.14. The van der Waals surface area contributed by atoms with Gasteiger partial charge in [-0.3, -0.25) is 0 Å². The van der Waals surface area contributed by atoms with Crippen LogP contribution < -0.4 is 0 Å². The molecule has 0 aliphatic carbocycles. The lowest BCUT2D eigenvalue weighted by Crippen LogP contribution is -2.00. The number of thiophene rings is 1. The largest absolute Gasteiger partial charge is 0.456 e. The van der Waals surface area contributed by atoms with Crippen molar-refractivity contribution >= 4 is 53.4 Å². The molecule has 4 nitrogen and oxygen atoms in total. The molecule has 9 rings (SSSR count). The normalized spacial score (nSPS) is 11.6. The summed E-state index contributed by atoms with van der Waals surface area (Å²) in [5.74, 6) is 1.92. The summed E-state index contributed by atoms with van der Waals surface area (Å²) in [7, 11) is 0. The lowest BCUT2D eigenvalue weighted by Gasteiger charge is -2.08. The number of nitrogens with zero attached hydrogens (tertiary/aromatic N) is 3. The molecule has 0 aliphatic heterocycles. The maximum Gasteiger partial charge on any atom is 0.164 e. The van der Waals surface area contributed by atoms with Gasteiger partial charge in [0.25, 0.3) is 0 Å². The molecular formula is C39H23N3OS. The van der Waals surface area contributed by atoms with E-state index in [0.29, 0.717) is 17.5 Å². The number of hydrogen-bond acceptors (Lipinski definition) is 5. The first-order valence-corrected chi connectivity index (χ1v) is 15.3. The number of rotatable bonds is 4. The van der Waals surface area contributed by atoms with Crippen molar-refractivity contribution in [3.05, 3.63) is 140 Å². The summed E-state index contributed by atoms with van der Waals surface area (Å²) in [4.78, 5) is 14.7. The van der Waals surface area contributed by atoms with Crippen molar-refractivity contribution in [1.82, 2.24) is 15.0 Å². The Morgan fingerprint density at radius 1 is 0.409 bits per heavy atom. The number of hydrogen-bond donors (Lipinski definition) is 0. The minimum atomic E-state index is 0.627. The van der Waals surface area contributed by atoms with Gasteiger partial charge in [0.2, 0.25) is 0 Å². The van der Waals surface area contributed by atoms with Crippen LogP contribution in [0.1, 0.15) is 0 Å². The van der Waals surface area contributed by atoms with Crippen molar-refractivity contribution in [2.75, 3.05) is 0 Å². The Hall–Kier alpha value is -5.65. The van der Waals surface area contributed by atoms with E-state index >= 15 is 0 Å². The predicted molar refractivity (Wildman–Crippen MR) is 182 cm³/mol. The first-order chi connectivity index (χ1) is 21.8. The third kappa shape index (κ3) is 4.09. The number of benzene rings is 6. The van der Waals surface area contributed by atoms with Gasteiger partial charge in [-0.2, -0.15) is 0 Å². The summed E-state index contributed by atoms with van der Waals surface area (Å²) in [5, 5.41) is 4.69. The Morgan fingerprint density at radius 2 is 1.05 bits per heavy atom. The second kappa shape index (κ2) is 9.97. The van der Waals surface area contributed by atoms with Crippen molar-refractivity contribution in [2.24, 2.45) is 0 Å². The molecule has 0 atom stereocenters. The Morgan fingerprint density at radius 3 is 1.80 bits per heavy atom. The molecule has 0 saturated heterocycles. The second-order valence-corrected chi connectivity index (χ2v) is 11.9. The minimum Gasteiger partial charge on any atom is -0.456 e. The van der Waals surface area contributed by atoms with Crippen molar-refractivity contribution < 1.29 is 4.42 Å². The molecule has 0 spiro atoms. The highest BCUT2D eigenvalue weighted by Crippen LogP contribution is 2.41. The lowest BCUT2D eigenvalue weighted by atomic mass is 10.0. The fraction of sp³-hybridized carbons (Fsp3) is 0. The van der Waals surface area contributed by atoms with Crippen LogP contribution in [-0.2, 0) is 0 Å². The molecule has 3 aromatic heterocycles. The van der Waals surface area contributed by atoms with E-state index in [-0.39, 0.29) is 0 Å². The fourth-order valence-electron chi connectivity index (χ4n) is 6.00. The molecule has 0 saturated carbocycles. The Kier molecular flexibility index (Phi) is 5.64. The van der Waals surface area contributed by atoms with Gasteiger partial charge in [0.05, 0.1) is 0 Å². The molecule has 9 aromatic rings. The first kappa shape index (κ1) is 24.9. The van der Waals surface area contributed by atoms with Gasteiger partial charge >= 0.3 is 0 Å². The molecule has 0 aliphatic rings. The van der Waals surface area contributed by atoms with Crippen molar-refractivity contribution in [3.8, 4) is 45.3 Å². The van der Waals surface area contributed by atoms with Crippen LogP contribution in [0, 0.1) is 0 Å². The van der Waals surface area contributed by atoms with Crippen LogP contribution >= 0.6 is 11.3 Å². The van der Waals surface area contributed by atoms with Gasteiger partial charge in [-0.15, -0.1) is 11.3 Å². The summed E-state index contributed by atoms with van der Waals surface area (Å²) in [6, 6.07) is 48.0. The zero-order valence-electron chi connectivity index (χ0n) is 23.4. The molecule has 3 heterocycles. The standard InChI is InChI=1S/C39H23N3OS/c1-3-10-24(11-4-1)37-40-38(25-12-5-2-6-13-25)42-39(41-37)27-19-21-33-32(22-27)29-20-18-26(23-34(29)43-33)28-15-9-16-31-30-14-7-8-17-35(30)44-36(28)31/h1-23H. The summed E-state index contributed by atoms with van der Waals surface area (Å²) in [5.41, 5.74) is 6.87. The number of fused-ring (bicyclic) bond motifs is 6. The van der Waals surface area contributed by atoms with Crippen molar-refractivity contribution in [2.45, 2.75) is 0 Å². The zero-order valence-corrected chi connectivity index (χ0v) is 24.3. The molecule has 0 N–H and O–H groups in total. The third-order valence-corrected chi connectivity index (χ3v) is 9.36. The number of furan rings is 1. The smallest absolute Gasteiger partial charge is 0.164 e. The fourth-order valence-corrected chi connectivity index (χ4v) is 7.23. The van der Waals surface area contributed by atoms with Gasteiger partial charge in [-0.25, -0.2) is 15.0 Å². The van der Waals surface area contributed by atoms with Gasteiger partial charge in [0.15, 0.2) is 17.5 Å². The van der Waals surface area contributed by atoms with E-state index in [2.05, 4.69) is 66.7 Å². The summed E-state index contributed by atoms with van der Waals surface area (Å²) >= 11 is 1.84. The Labute approximate surface area is 256 Å². The van der Waals surface area contributed by atoms with E-state index in [0.717, 1.165) is 44.2 Å². The minimum absolute atomic E-state index is 0.627. The molecular weight excluding hydrogens is 559 g/mol. The SMILES string of the molecule is c1ccc(-c2nc(-c3ccccc3)nc(-c3ccc4oc5cc(-c6cccc7c6sc6ccccc67)ccc5c4c3)n2)cc1. The van der Waals surface area contributed by atoms with E-state index in [1.807, 2.05) is 84.1 Å². The quantitative estimate of drug-likeness (QED) is 0.207. The topological polar surface area (TPSA) is 51.8 Å². The van der Waals surface area contributed by atoms with Crippen molar-refractivity contribution in [3.63, 3.8) is 0 Å². The molecule has 6 aromatic carbocycles. The van der Waals surface area contributed by atoms with Gasteiger partial charge in [-0.1, -0.05) is 103 Å². The molecule has 0 amide bonds. The van der Waals surface area contributed by atoms with Gasteiger partial charge in [0, 0.05) is 47.6 Å². The van der Waals surface area contributed by atoms with Crippen LogP contribution in [0.3, 0.4) is 0 Å².